The smallest absolute Gasteiger partial charge is 0.176 e. The Morgan fingerprint density at radius 1 is 0.622 bits per heavy atom. The van der Waals surface area contributed by atoms with Crippen LogP contribution >= 0.6 is 0 Å². The molecule has 45 heavy (non-hydrogen) atoms. The normalized spacial score (nSPS) is 38.1. The standard InChI is InChI=1S/C27H54N2O16/c1-4-11(32)19(36)18(35)10(3)6-28-17-23(40)22(39)14(8-30)44-27(17)45-25-15(9-31)43-26(42)16(24(25)41)29-7-13(34)21(38)20(37)12(33)5-2/h10-42H,4-9H2,1-3H3. The number of rotatable bonds is 18. The zero-order chi connectivity index (χ0) is 34.2. The fraction of sp³-hybridized carbons (Fsp3) is 1.00. The van der Waals surface area contributed by atoms with Gasteiger partial charge in [0.2, 0.25) is 0 Å². The molecule has 2 heterocycles. The zero-order valence-corrected chi connectivity index (χ0v) is 25.7. The average molecular weight is 663 g/mol. The van der Waals surface area contributed by atoms with Gasteiger partial charge >= 0.3 is 0 Å². The van der Waals surface area contributed by atoms with Crippen molar-refractivity contribution in [3.05, 3.63) is 0 Å². The van der Waals surface area contributed by atoms with E-state index in [1.165, 1.54) is 0 Å². The van der Waals surface area contributed by atoms with Gasteiger partial charge in [0.15, 0.2) is 12.6 Å². The first kappa shape index (κ1) is 40.5. The predicted octanol–water partition coefficient (Wildman–Crippen LogP) is -7.22. The van der Waals surface area contributed by atoms with Crippen molar-refractivity contribution in [2.45, 2.75) is 138 Å². The van der Waals surface area contributed by atoms with E-state index in [2.05, 4.69) is 10.6 Å². The number of aliphatic hydroxyl groups is 13. The van der Waals surface area contributed by atoms with Gasteiger partial charge in [0, 0.05) is 13.1 Å². The lowest BCUT2D eigenvalue weighted by atomic mass is 9.92. The Labute approximate surface area is 261 Å². The maximum atomic E-state index is 11.2. The molecule has 0 aromatic heterocycles. The summed E-state index contributed by atoms with van der Waals surface area (Å²) in [6.45, 7) is 2.61. The molecule has 2 rings (SSSR count). The first-order valence-electron chi connectivity index (χ1n) is 15.3. The lowest BCUT2D eigenvalue weighted by Crippen LogP contribution is -2.69. The zero-order valence-electron chi connectivity index (χ0n) is 25.7. The molecule has 0 aliphatic carbocycles. The van der Waals surface area contributed by atoms with Crippen LogP contribution in [0.3, 0.4) is 0 Å². The van der Waals surface area contributed by atoms with Crippen LogP contribution in [0.15, 0.2) is 0 Å². The van der Waals surface area contributed by atoms with E-state index < -0.39 is 130 Å². The van der Waals surface area contributed by atoms with Gasteiger partial charge in [0.1, 0.15) is 54.9 Å². The molecule has 2 aliphatic heterocycles. The Balaban J connectivity index is 2.21. The fourth-order valence-corrected chi connectivity index (χ4v) is 5.36. The summed E-state index contributed by atoms with van der Waals surface area (Å²) < 4.78 is 17.0. The molecule has 2 saturated heterocycles. The van der Waals surface area contributed by atoms with Crippen LogP contribution in [0.2, 0.25) is 0 Å². The van der Waals surface area contributed by atoms with Gasteiger partial charge in [0.25, 0.3) is 0 Å². The number of nitrogens with one attached hydrogen (secondary N) is 2. The maximum absolute atomic E-state index is 11.2. The van der Waals surface area contributed by atoms with Crippen LogP contribution in [-0.2, 0) is 14.2 Å². The summed E-state index contributed by atoms with van der Waals surface area (Å²) >= 11 is 0. The van der Waals surface area contributed by atoms with Crippen molar-refractivity contribution in [1.29, 1.82) is 0 Å². The van der Waals surface area contributed by atoms with E-state index in [0.717, 1.165) is 0 Å². The molecule has 2 fully saturated rings. The SMILES string of the molecule is CCC(O)C(O)C(O)C(C)CNC1C(OC2C(CO)OC(O)C(NCC(O)C(O)C(O)C(O)CC)C2O)OC(CO)C(O)C1O. The van der Waals surface area contributed by atoms with E-state index >= 15 is 0 Å². The van der Waals surface area contributed by atoms with Crippen LogP contribution in [0.25, 0.3) is 0 Å². The van der Waals surface area contributed by atoms with Gasteiger partial charge in [-0.3, -0.25) is 0 Å². The summed E-state index contributed by atoms with van der Waals surface area (Å²) in [7, 11) is 0. The van der Waals surface area contributed by atoms with E-state index in [9.17, 15) is 66.4 Å². The molecule has 2 aliphatic rings. The van der Waals surface area contributed by atoms with E-state index in [1.54, 1.807) is 20.8 Å². The summed E-state index contributed by atoms with van der Waals surface area (Å²) in [6, 6.07) is -2.69. The Hall–Kier alpha value is -0.720. The Morgan fingerprint density at radius 2 is 1.13 bits per heavy atom. The van der Waals surface area contributed by atoms with Gasteiger partial charge < -0.3 is 91.2 Å². The molecular weight excluding hydrogens is 608 g/mol. The number of aliphatic hydroxyl groups excluding tert-OH is 13. The highest BCUT2D eigenvalue weighted by Gasteiger charge is 2.51. The third-order valence-electron chi connectivity index (χ3n) is 8.58. The molecule has 0 bridgehead atoms. The van der Waals surface area contributed by atoms with Gasteiger partial charge in [0.05, 0.1) is 49.7 Å². The first-order valence-corrected chi connectivity index (χ1v) is 15.3. The highest BCUT2D eigenvalue weighted by molar-refractivity contribution is 4.99. The van der Waals surface area contributed by atoms with Crippen molar-refractivity contribution < 1.29 is 80.6 Å². The minimum Gasteiger partial charge on any atom is -0.394 e. The molecule has 18 heteroatoms. The molecule has 0 aromatic carbocycles. The number of hydrogen-bond donors (Lipinski definition) is 15. The van der Waals surface area contributed by atoms with Gasteiger partial charge in [-0.1, -0.05) is 20.8 Å². The summed E-state index contributed by atoms with van der Waals surface area (Å²) in [6.07, 6.45) is -22.7. The highest BCUT2D eigenvalue weighted by Crippen LogP contribution is 2.29. The lowest BCUT2D eigenvalue weighted by Gasteiger charge is -2.48. The van der Waals surface area contributed by atoms with Crippen molar-refractivity contribution in [3.63, 3.8) is 0 Å². The van der Waals surface area contributed by atoms with Crippen molar-refractivity contribution in [1.82, 2.24) is 10.6 Å². The molecule has 0 radical (unpaired) electrons. The van der Waals surface area contributed by atoms with E-state index in [0.29, 0.717) is 0 Å². The van der Waals surface area contributed by atoms with Crippen LogP contribution in [-0.4, -0.2) is 197 Å². The van der Waals surface area contributed by atoms with Gasteiger partial charge in [-0.25, -0.2) is 0 Å². The fourth-order valence-electron chi connectivity index (χ4n) is 5.36. The Kier molecular flexibility index (Phi) is 16.8. The lowest BCUT2D eigenvalue weighted by molar-refractivity contribution is -0.329. The molecule has 0 amide bonds. The van der Waals surface area contributed by atoms with Crippen LogP contribution in [0.4, 0.5) is 0 Å². The molecule has 18 unspecified atom stereocenters. The monoisotopic (exact) mass is 662 g/mol. The topological polar surface area (TPSA) is 315 Å². The van der Waals surface area contributed by atoms with Crippen LogP contribution in [0.1, 0.15) is 33.6 Å². The summed E-state index contributed by atoms with van der Waals surface area (Å²) in [5.74, 6) is -0.710. The average Bonchev–Trinajstić information content (AvgIpc) is 3.04. The number of hydrogen-bond acceptors (Lipinski definition) is 18. The molecule has 268 valence electrons. The third kappa shape index (κ3) is 10.1. The van der Waals surface area contributed by atoms with E-state index in [1.807, 2.05) is 0 Å². The third-order valence-corrected chi connectivity index (χ3v) is 8.58. The van der Waals surface area contributed by atoms with E-state index in [-0.39, 0.29) is 19.4 Å². The molecule has 0 saturated carbocycles. The molecule has 0 spiro atoms. The highest BCUT2D eigenvalue weighted by atomic mass is 16.7. The second-order valence-corrected chi connectivity index (χ2v) is 11.9. The Bertz CT molecular complexity index is 836. The largest absolute Gasteiger partial charge is 0.394 e. The maximum Gasteiger partial charge on any atom is 0.176 e. The van der Waals surface area contributed by atoms with Gasteiger partial charge in [-0.2, -0.15) is 0 Å². The van der Waals surface area contributed by atoms with Crippen molar-refractivity contribution in [2.75, 3.05) is 26.3 Å². The quantitative estimate of drug-likeness (QED) is 0.0648. The van der Waals surface area contributed by atoms with Gasteiger partial charge in [-0.15, -0.1) is 0 Å². The molecule has 18 nitrogen and oxygen atoms in total. The first-order chi connectivity index (χ1) is 21.1. The molecule has 18 atom stereocenters. The predicted molar refractivity (Wildman–Crippen MR) is 152 cm³/mol. The molecular formula is C27H54N2O16. The minimum absolute atomic E-state index is 0.0964. The van der Waals surface area contributed by atoms with Crippen molar-refractivity contribution in [2.24, 2.45) is 5.92 Å². The number of ether oxygens (including phenoxy) is 3. The van der Waals surface area contributed by atoms with Crippen LogP contribution in [0, 0.1) is 5.92 Å². The second kappa shape index (κ2) is 18.7. The minimum atomic E-state index is -1.79. The van der Waals surface area contributed by atoms with Crippen molar-refractivity contribution >= 4 is 0 Å². The van der Waals surface area contributed by atoms with Crippen molar-refractivity contribution in [3.8, 4) is 0 Å². The Morgan fingerprint density at radius 3 is 1.67 bits per heavy atom. The van der Waals surface area contributed by atoms with Crippen LogP contribution < -0.4 is 10.6 Å². The van der Waals surface area contributed by atoms with Gasteiger partial charge in [-0.05, 0) is 18.8 Å². The second-order valence-electron chi connectivity index (χ2n) is 11.9. The summed E-state index contributed by atoms with van der Waals surface area (Å²) in [5, 5.41) is 139. The van der Waals surface area contributed by atoms with E-state index in [4.69, 9.17) is 14.2 Å². The molecule has 15 N–H and O–H groups in total. The van der Waals surface area contributed by atoms with Crippen LogP contribution in [0.5, 0.6) is 0 Å². The summed E-state index contributed by atoms with van der Waals surface area (Å²) in [5.41, 5.74) is 0. The molecule has 0 aromatic rings. The summed E-state index contributed by atoms with van der Waals surface area (Å²) in [4.78, 5) is 0.